The second kappa shape index (κ2) is 7.35. The van der Waals surface area contributed by atoms with E-state index in [9.17, 15) is 0 Å². The first kappa shape index (κ1) is 15.6. The fourth-order valence-electron chi connectivity index (χ4n) is 2.44. The van der Waals surface area contributed by atoms with Crippen LogP contribution < -0.4 is 4.74 Å². The van der Waals surface area contributed by atoms with Gasteiger partial charge in [-0.3, -0.25) is 0 Å². The zero-order valence-corrected chi connectivity index (χ0v) is 13.6. The number of nitrogens with zero attached hydrogens (tertiary/aromatic N) is 5. The van der Waals surface area contributed by atoms with Crippen LogP contribution in [0.2, 0.25) is 0 Å². The maximum absolute atomic E-state index is 5.77. The average Bonchev–Trinajstić information content (AvgIpc) is 3.28. The van der Waals surface area contributed by atoms with Crippen molar-refractivity contribution < 1.29 is 4.74 Å². The van der Waals surface area contributed by atoms with E-state index in [1.54, 1.807) is 0 Å². The van der Waals surface area contributed by atoms with Crippen molar-refractivity contribution in [2.45, 2.75) is 0 Å². The quantitative estimate of drug-likeness (QED) is 0.525. The lowest BCUT2D eigenvalue weighted by molar-refractivity contribution is 0.448. The number of H-pyrrole nitrogens is 1. The number of ether oxygens (including phenoxy) is 1. The molecule has 0 aliphatic heterocycles. The van der Waals surface area contributed by atoms with Gasteiger partial charge in [0.25, 0.3) is 0 Å². The summed E-state index contributed by atoms with van der Waals surface area (Å²) < 4.78 is 5.77. The lowest BCUT2D eigenvalue weighted by Crippen LogP contribution is -1.91. The third kappa shape index (κ3) is 3.62. The molecule has 126 valence electrons. The molecular formula is C19H14N6O. The molecule has 5 rings (SSSR count). The van der Waals surface area contributed by atoms with Crippen LogP contribution in [0.15, 0.2) is 79.1 Å². The highest BCUT2D eigenvalue weighted by Gasteiger charge is 2.03. The van der Waals surface area contributed by atoms with Gasteiger partial charge < -0.3 is 4.74 Å². The van der Waals surface area contributed by atoms with Crippen molar-refractivity contribution in [3.05, 3.63) is 79.1 Å². The van der Waals surface area contributed by atoms with Crippen LogP contribution in [-0.2, 0) is 0 Å². The lowest BCUT2D eigenvalue weighted by atomic mass is 10.2. The molecule has 0 spiro atoms. The molecule has 3 heterocycles. The van der Waals surface area contributed by atoms with Crippen molar-refractivity contribution >= 4 is 21.8 Å². The van der Waals surface area contributed by atoms with Crippen LogP contribution in [0.5, 0.6) is 11.8 Å². The molecule has 5 aromatic rings. The minimum absolute atomic E-state index is 0.552. The molecule has 0 fully saturated rings. The van der Waals surface area contributed by atoms with Gasteiger partial charge in [-0.25, -0.2) is 9.97 Å². The smallest absolute Gasteiger partial charge is 0.221 e. The fraction of sp³-hybridized carbons (Fsp3) is 0. The third-order valence-corrected chi connectivity index (χ3v) is 3.62. The number of nitrogens with one attached hydrogen (secondary N) is 1. The van der Waals surface area contributed by atoms with Crippen LogP contribution >= 0.6 is 0 Å². The Kier molecular flexibility index (Phi) is 4.42. The predicted molar refractivity (Wildman–Crippen MR) is 97.7 cm³/mol. The van der Waals surface area contributed by atoms with Crippen LogP contribution in [-0.4, -0.2) is 30.6 Å². The number of hydrogen-bond donors (Lipinski definition) is 1. The number of hydrogen-bond acceptors (Lipinski definition) is 6. The van der Waals surface area contributed by atoms with Crippen LogP contribution in [0.25, 0.3) is 21.8 Å². The first-order chi connectivity index (χ1) is 12.9. The molecule has 0 radical (unpaired) electrons. The number of benzene rings is 2. The largest absolute Gasteiger partial charge is 0.421 e. The molecule has 1 N–H and O–H groups in total. The summed E-state index contributed by atoms with van der Waals surface area (Å²) in [5, 5.41) is 14.4. The summed E-state index contributed by atoms with van der Waals surface area (Å²) in [4.78, 5) is 8.98. The van der Waals surface area contributed by atoms with Gasteiger partial charge in [-0.15, -0.1) is 10.2 Å². The predicted octanol–water partition coefficient (Wildman–Crippen LogP) is 3.78. The zero-order chi connectivity index (χ0) is 17.6. The molecule has 0 aliphatic carbocycles. The monoisotopic (exact) mass is 342 g/mol. The van der Waals surface area contributed by atoms with E-state index >= 15 is 0 Å². The van der Waals surface area contributed by atoms with Crippen LogP contribution in [0, 0.1) is 0 Å². The summed E-state index contributed by atoms with van der Waals surface area (Å²) in [7, 11) is 0. The van der Waals surface area contributed by atoms with Crippen molar-refractivity contribution in [1.29, 1.82) is 0 Å². The third-order valence-electron chi connectivity index (χ3n) is 3.62. The molecule has 0 saturated heterocycles. The van der Waals surface area contributed by atoms with E-state index in [4.69, 9.17) is 4.74 Å². The van der Waals surface area contributed by atoms with Gasteiger partial charge in [0.2, 0.25) is 11.8 Å². The Hall–Kier alpha value is -3.87. The average molecular weight is 342 g/mol. The van der Waals surface area contributed by atoms with E-state index in [0.29, 0.717) is 11.8 Å². The molecule has 0 atom stereocenters. The first-order valence-corrected chi connectivity index (χ1v) is 7.94. The Morgan fingerprint density at radius 1 is 0.654 bits per heavy atom. The molecule has 3 aromatic heterocycles. The molecule has 0 bridgehead atoms. The van der Waals surface area contributed by atoms with Gasteiger partial charge in [0, 0.05) is 22.9 Å². The molecule has 7 heteroatoms. The van der Waals surface area contributed by atoms with E-state index in [-0.39, 0.29) is 0 Å². The Morgan fingerprint density at radius 3 is 1.69 bits per heavy atom. The number of rotatable bonds is 2. The molecular weight excluding hydrogens is 328 g/mol. The zero-order valence-electron chi connectivity index (χ0n) is 13.6. The van der Waals surface area contributed by atoms with Gasteiger partial charge in [-0.2, -0.15) is 5.21 Å². The van der Waals surface area contributed by atoms with Crippen molar-refractivity contribution in [2.75, 3.05) is 0 Å². The summed E-state index contributed by atoms with van der Waals surface area (Å²) in [5.74, 6) is 1.10. The Bertz CT molecular complexity index is 1030. The van der Waals surface area contributed by atoms with Gasteiger partial charge >= 0.3 is 0 Å². The molecule has 0 unspecified atom stereocenters. The minimum Gasteiger partial charge on any atom is -0.421 e. The minimum atomic E-state index is 0.552. The van der Waals surface area contributed by atoms with E-state index < -0.39 is 0 Å². The summed E-state index contributed by atoms with van der Waals surface area (Å²) in [6, 6.07) is 23.6. The fourth-order valence-corrected chi connectivity index (χ4v) is 2.44. The topological polar surface area (TPSA) is 89.5 Å². The molecule has 2 aromatic carbocycles. The SMILES string of the molecule is c1ccc2nc(Oc3ccc4ccccc4n3)ccc2c1.c1nn[nH]n1. The maximum Gasteiger partial charge on any atom is 0.221 e. The lowest BCUT2D eigenvalue weighted by Gasteiger charge is -2.06. The molecule has 0 saturated carbocycles. The number of para-hydroxylation sites is 2. The van der Waals surface area contributed by atoms with Gasteiger partial charge in [-0.05, 0) is 24.3 Å². The number of tetrazole rings is 1. The number of fused-ring (bicyclic) bond motifs is 2. The van der Waals surface area contributed by atoms with Gasteiger partial charge in [0.05, 0.1) is 11.0 Å². The second-order valence-corrected chi connectivity index (χ2v) is 5.35. The van der Waals surface area contributed by atoms with Gasteiger partial charge in [0.15, 0.2) is 6.33 Å². The number of pyridine rings is 2. The Balaban J connectivity index is 0.000000292. The standard InChI is InChI=1S/C18H12N2O.CH2N4/c1-3-7-15-13(5-1)9-11-17(19-15)21-18-12-10-14-6-2-4-8-16(14)20-18;1-2-4-5-3-1/h1-12H;1H,(H,2,3,4,5). The van der Waals surface area contributed by atoms with Crippen LogP contribution in [0.4, 0.5) is 0 Å². The summed E-state index contributed by atoms with van der Waals surface area (Å²) >= 11 is 0. The highest BCUT2D eigenvalue weighted by atomic mass is 16.5. The van der Waals surface area contributed by atoms with Crippen molar-refractivity contribution in [3.63, 3.8) is 0 Å². The van der Waals surface area contributed by atoms with Crippen molar-refractivity contribution in [2.24, 2.45) is 0 Å². The molecule has 26 heavy (non-hydrogen) atoms. The molecule has 7 nitrogen and oxygen atoms in total. The summed E-state index contributed by atoms with van der Waals surface area (Å²) in [6.45, 7) is 0. The first-order valence-electron chi connectivity index (χ1n) is 7.94. The highest BCUT2D eigenvalue weighted by Crippen LogP contribution is 2.23. The highest BCUT2D eigenvalue weighted by molar-refractivity contribution is 5.79. The number of aromatic amines is 1. The van der Waals surface area contributed by atoms with Crippen molar-refractivity contribution in [1.82, 2.24) is 30.6 Å². The Labute approximate surface area is 148 Å². The van der Waals surface area contributed by atoms with E-state index in [1.165, 1.54) is 6.33 Å². The van der Waals surface area contributed by atoms with E-state index in [1.807, 2.05) is 72.8 Å². The van der Waals surface area contributed by atoms with Gasteiger partial charge in [0.1, 0.15) is 0 Å². The van der Waals surface area contributed by atoms with Crippen molar-refractivity contribution in [3.8, 4) is 11.8 Å². The van der Waals surface area contributed by atoms with E-state index in [0.717, 1.165) is 21.8 Å². The number of aromatic nitrogens is 6. The molecule has 0 aliphatic rings. The van der Waals surface area contributed by atoms with Gasteiger partial charge in [-0.1, -0.05) is 41.6 Å². The maximum atomic E-state index is 5.77. The normalized spacial score (nSPS) is 10.3. The van der Waals surface area contributed by atoms with Crippen LogP contribution in [0.1, 0.15) is 0 Å². The van der Waals surface area contributed by atoms with E-state index in [2.05, 4.69) is 30.6 Å². The summed E-state index contributed by atoms with van der Waals surface area (Å²) in [6.07, 6.45) is 1.33. The Morgan fingerprint density at radius 2 is 1.23 bits per heavy atom. The summed E-state index contributed by atoms with van der Waals surface area (Å²) in [5.41, 5.74) is 1.83. The van der Waals surface area contributed by atoms with Crippen LogP contribution in [0.3, 0.4) is 0 Å². The second-order valence-electron chi connectivity index (χ2n) is 5.35. The molecule has 0 amide bonds.